The van der Waals surface area contributed by atoms with Crippen molar-refractivity contribution in [2.24, 2.45) is 0 Å². The van der Waals surface area contributed by atoms with Gasteiger partial charge in [-0.25, -0.2) is 0 Å². The number of hydrogen-bond donors (Lipinski definition) is 2. The molecule has 0 radical (unpaired) electrons. The van der Waals surface area contributed by atoms with Crippen LogP contribution in [0.25, 0.3) is 0 Å². The van der Waals surface area contributed by atoms with E-state index in [2.05, 4.69) is 0 Å². The van der Waals surface area contributed by atoms with Crippen LogP contribution in [0.4, 0.5) is 0 Å². The van der Waals surface area contributed by atoms with Crippen LogP contribution in [0.5, 0.6) is 0 Å². The lowest BCUT2D eigenvalue weighted by atomic mass is 11.0. The Kier molecular flexibility index (Phi) is 36.9. The lowest BCUT2D eigenvalue weighted by Gasteiger charge is -1.90. The maximum absolute atomic E-state index is 8.74. The molecule has 0 bridgehead atoms. The van der Waals surface area contributed by atoms with Gasteiger partial charge in [-0.2, -0.15) is 0 Å². The van der Waals surface area contributed by atoms with Gasteiger partial charge in [0.1, 0.15) is 0 Å². The summed E-state index contributed by atoms with van der Waals surface area (Å²) < 4.78 is 8.74. The molecule has 4 nitrogen and oxygen atoms in total. The minimum absolute atomic E-state index is 0. The maximum Gasteiger partial charge on any atom is 0.761 e. The standard InChI is InChI=1S/C3H9N.Al.Mg.H2O3Si.5H/c1-4(2)3;;;1-4(2)3;;;;;/h1-3H3;;;1-2H;;;;;. The highest BCUT2D eigenvalue weighted by Crippen LogP contribution is 1.47. The molecule has 0 spiro atoms. The Morgan fingerprint density at radius 2 is 1.20 bits per heavy atom. The van der Waals surface area contributed by atoms with Gasteiger partial charge in [0.05, 0.1) is 0 Å². The van der Waals surface area contributed by atoms with Crippen molar-refractivity contribution in [2.45, 2.75) is 0 Å². The Morgan fingerprint density at radius 1 is 1.20 bits per heavy atom. The molecule has 10 heavy (non-hydrogen) atoms. The fraction of sp³-hybridized carbons (Fsp3) is 1.00. The third-order valence-electron chi connectivity index (χ3n) is 0. The van der Waals surface area contributed by atoms with Gasteiger partial charge in [0.15, 0.2) is 17.4 Å². The molecule has 0 aliphatic carbocycles. The van der Waals surface area contributed by atoms with Gasteiger partial charge in [0.2, 0.25) is 0 Å². The molecular formula is C3H16AlMgNO3Si. The zero-order chi connectivity index (χ0) is 7.15. The SMILES string of the molecule is CN(C)C.O=[Si](O)O.[AlH3].[MgH2]. The minimum Gasteiger partial charge on any atom is -0.511 e. The molecule has 0 aromatic carbocycles. The van der Waals surface area contributed by atoms with Crippen LogP contribution in [0.15, 0.2) is 0 Å². The summed E-state index contributed by atoms with van der Waals surface area (Å²) in [6.45, 7) is 0. The van der Waals surface area contributed by atoms with Gasteiger partial charge in [-0.05, 0) is 21.1 Å². The molecule has 7 heteroatoms. The van der Waals surface area contributed by atoms with E-state index >= 15 is 0 Å². The van der Waals surface area contributed by atoms with Crippen molar-refractivity contribution in [3.63, 3.8) is 0 Å². The van der Waals surface area contributed by atoms with Crippen molar-refractivity contribution in [3.05, 3.63) is 0 Å². The summed E-state index contributed by atoms with van der Waals surface area (Å²) >= 11 is 0. The highest BCUT2D eigenvalue weighted by atomic mass is 28.3. The summed E-state index contributed by atoms with van der Waals surface area (Å²) in [4.78, 5) is 16.3. The smallest absolute Gasteiger partial charge is 0.511 e. The summed E-state index contributed by atoms with van der Waals surface area (Å²) in [6, 6.07) is 0. The number of rotatable bonds is 0. The lowest BCUT2D eigenvalue weighted by Crippen LogP contribution is -1.99. The first-order valence-corrected chi connectivity index (χ1v) is 3.30. The molecule has 0 aliphatic heterocycles. The molecule has 0 atom stereocenters. The third kappa shape index (κ3) is 718. The van der Waals surface area contributed by atoms with Crippen LogP contribution in [0, 0.1) is 0 Å². The lowest BCUT2D eigenvalue weighted by molar-refractivity contribution is 0.330. The monoisotopic (exact) mass is 193 g/mol. The van der Waals surface area contributed by atoms with E-state index in [0.717, 1.165) is 0 Å². The average molecular weight is 194 g/mol. The van der Waals surface area contributed by atoms with Crippen molar-refractivity contribution >= 4 is 49.6 Å². The van der Waals surface area contributed by atoms with Crippen LogP contribution < -0.4 is 0 Å². The topological polar surface area (TPSA) is 60.8 Å². The van der Waals surface area contributed by atoms with Gasteiger partial charge >= 0.3 is 32.2 Å². The van der Waals surface area contributed by atoms with Crippen LogP contribution in [0.1, 0.15) is 0 Å². The molecule has 2 N–H and O–H groups in total. The van der Waals surface area contributed by atoms with E-state index in [1.165, 1.54) is 0 Å². The van der Waals surface area contributed by atoms with Gasteiger partial charge in [0.25, 0.3) is 0 Å². The zero-order valence-electron chi connectivity index (χ0n) is 5.25. The van der Waals surface area contributed by atoms with E-state index in [4.69, 9.17) is 14.1 Å². The van der Waals surface area contributed by atoms with E-state index in [9.17, 15) is 0 Å². The fourth-order valence-electron chi connectivity index (χ4n) is 0. The molecule has 60 valence electrons. The molecular weight excluding hydrogens is 177 g/mol. The van der Waals surface area contributed by atoms with Crippen molar-refractivity contribution < 1.29 is 14.1 Å². The Hall–Kier alpha value is 0.876. The van der Waals surface area contributed by atoms with Gasteiger partial charge in [-0.15, -0.1) is 0 Å². The van der Waals surface area contributed by atoms with Gasteiger partial charge in [-0.1, -0.05) is 0 Å². The zero-order valence-corrected chi connectivity index (χ0v) is 6.25. The molecule has 0 amide bonds. The first-order chi connectivity index (χ1) is 3.46. The Morgan fingerprint density at radius 3 is 1.20 bits per heavy atom. The van der Waals surface area contributed by atoms with Crippen LogP contribution in [0.2, 0.25) is 0 Å². The minimum atomic E-state index is -3.13. The van der Waals surface area contributed by atoms with Crippen LogP contribution in [0.3, 0.4) is 0 Å². The van der Waals surface area contributed by atoms with Crippen molar-refractivity contribution in [3.8, 4) is 0 Å². The molecule has 0 heterocycles. The first kappa shape index (κ1) is 22.4. The molecule has 0 saturated heterocycles. The maximum atomic E-state index is 8.74. The third-order valence-corrected chi connectivity index (χ3v) is 0. The molecule has 0 aliphatic rings. The van der Waals surface area contributed by atoms with E-state index in [0.29, 0.717) is 0 Å². The Bertz CT molecular complexity index is 68.0. The van der Waals surface area contributed by atoms with Crippen LogP contribution in [-0.2, 0) is 4.46 Å². The normalized spacial score (nSPS) is 6.00. The van der Waals surface area contributed by atoms with Crippen molar-refractivity contribution in [2.75, 3.05) is 21.1 Å². The second-order valence-corrected chi connectivity index (χ2v) is 2.19. The average Bonchev–Trinajstić information content (AvgIpc) is 1.25. The second-order valence-electron chi connectivity index (χ2n) is 1.62. The predicted octanol–water partition coefficient (Wildman–Crippen LogP) is -3.54. The fourth-order valence-corrected chi connectivity index (χ4v) is 0. The summed E-state index contributed by atoms with van der Waals surface area (Å²) in [5, 5.41) is 0. The molecule has 0 aromatic heterocycles. The molecule has 0 rings (SSSR count). The van der Waals surface area contributed by atoms with Crippen LogP contribution in [-0.4, -0.2) is 85.2 Å². The largest absolute Gasteiger partial charge is 0.761 e. The summed E-state index contributed by atoms with van der Waals surface area (Å²) in [5.41, 5.74) is 0. The van der Waals surface area contributed by atoms with Crippen LogP contribution >= 0.6 is 0 Å². The van der Waals surface area contributed by atoms with Crippen molar-refractivity contribution in [1.29, 1.82) is 0 Å². The van der Waals surface area contributed by atoms with E-state index in [-0.39, 0.29) is 40.4 Å². The Labute approximate surface area is 89.4 Å². The number of hydrogen-bond acceptors (Lipinski definition) is 2. The molecule has 0 aromatic rings. The quantitative estimate of drug-likeness (QED) is 0.392. The van der Waals surface area contributed by atoms with Gasteiger partial charge in [0, 0.05) is 0 Å². The molecule has 0 fully saturated rings. The number of nitrogens with zero attached hydrogens (tertiary/aromatic N) is 1. The predicted molar refractivity (Wildman–Crippen MR) is 49.0 cm³/mol. The summed E-state index contributed by atoms with van der Waals surface area (Å²) in [7, 11) is 2.87. The highest BCUT2D eigenvalue weighted by molar-refractivity contribution is 6.22. The highest BCUT2D eigenvalue weighted by Gasteiger charge is 1.85. The van der Waals surface area contributed by atoms with E-state index in [1.807, 2.05) is 26.0 Å². The van der Waals surface area contributed by atoms with E-state index < -0.39 is 9.17 Å². The Balaban J connectivity index is -0.0000000300. The van der Waals surface area contributed by atoms with Gasteiger partial charge < -0.3 is 14.5 Å². The molecule has 0 saturated carbocycles. The van der Waals surface area contributed by atoms with Gasteiger partial charge in [-0.3, -0.25) is 4.46 Å². The summed E-state index contributed by atoms with van der Waals surface area (Å²) in [5.74, 6) is 0. The second kappa shape index (κ2) is 16.5. The van der Waals surface area contributed by atoms with E-state index in [1.54, 1.807) is 0 Å². The van der Waals surface area contributed by atoms with Crippen molar-refractivity contribution in [1.82, 2.24) is 4.90 Å². The molecule has 0 unspecified atom stereocenters. The first-order valence-electron chi connectivity index (χ1n) is 1.99. The summed E-state index contributed by atoms with van der Waals surface area (Å²) in [6.07, 6.45) is 0.